The van der Waals surface area contributed by atoms with Crippen LogP contribution in [-0.4, -0.2) is 42.7 Å². The molecule has 1 aliphatic heterocycles. The number of aliphatic hydroxyl groups is 1. The Labute approximate surface area is 145 Å². The molecule has 1 aromatic heterocycles. The summed E-state index contributed by atoms with van der Waals surface area (Å²) < 4.78 is 44.9. The van der Waals surface area contributed by atoms with Crippen molar-refractivity contribution in [1.29, 1.82) is 0 Å². The molecule has 0 spiro atoms. The smallest absolute Gasteiger partial charge is 0.250 e. The molecule has 7 nitrogen and oxygen atoms in total. The minimum Gasteiger partial charge on any atom is -0.396 e. The molecular formula is C16H20FN3O4S. The maximum absolute atomic E-state index is 13.1. The van der Waals surface area contributed by atoms with Gasteiger partial charge in [-0.3, -0.25) is 0 Å². The molecule has 0 radical (unpaired) electrons. The number of nitrogens with two attached hydrogens (primary N) is 1. The van der Waals surface area contributed by atoms with Crippen LogP contribution in [0.25, 0.3) is 0 Å². The first-order chi connectivity index (χ1) is 11.8. The van der Waals surface area contributed by atoms with E-state index < -0.39 is 15.4 Å². The number of anilines is 1. The Hall–Kier alpha value is -1.97. The molecule has 9 heteroatoms. The van der Waals surface area contributed by atoms with Crippen molar-refractivity contribution in [1.82, 2.24) is 9.46 Å². The lowest BCUT2D eigenvalue weighted by Crippen LogP contribution is -2.35. The highest BCUT2D eigenvalue weighted by molar-refractivity contribution is 7.89. The van der Waals surface area contributed by atoms with Crippen molar-refractivity contribution in [3.8, 4) is 0 Å². The van der Waals surface area contributed by atoms with E-state index in [1.165, 1.54) is 23.4 Å². The molecule has 0 amide bonds. The lowest BCUT2D eigenvalue weighted by atomic mass is 9.82. The largest absolute Gasteiger partial charge is 0.396 e. The average Bonchev–Trinajstić information content (AvgIpc) is 3.15. The highest BCUT2D eigenvalue weighted by Crippen LogP contribution is 2.38. The summed E-state index contributed by atoms with van der Waals surface area (Å²) in [6.45, 7) is 1.72. The fraction of sp³-hybridized carbons (Fsp3) is 0.438. The van der Waals surface area contributed by atoms with E-state index >= 15 is 0 Å². The second kappa shape index (κ2) is 6.40. The minimum atomic E-state index is -3.86. The summed E-state index contributed by atoms with van der Waals surface area (Å²) in [6, 6.07) is 5.99. The van der Waals surface area contributed by atoms with Gasteiger partial charge in [-0.15, -0.1) is 0 Å². The monoisotopic (exact) mass is 369 g/mol. The molecule has 1 saturated heterocycles. The minimum absolute atomic E-state index is 0.122. The predicted octanol–water partition coefficient (Wildman–Crippen LogP) is 1.32. The lowest BCUT2D eigenvalue weighted by Gasteiger charge is -2.27. The van der Waals surface area contributed by atoms with Gasteiger partial charge in [0.15, 0.2) is 16.5 Å². The number of nitrogen functional groups attached to an aromatic ring is 1. The molecule has 2 heterocycles. The highest BCUT2D eigenvalue weighted by Gasteiger charge is 2.44. The number of hydrogen-bond donors (Lipinski definition) is 2. The van der Waals surface area contributed by atoms with Crippen LogP contribution in [0.1, 0.15) is 17.7 Å². The summed E-state index contributed by atoms with van der Waals surface area (Å²) in [7, 11) is -3.86. The Morgan fingerprint density at radius 2 is 2.08 bits per heavy atom. The van der Waals surface area contributed by atoms with Crippen LogP contribution in [0.15, 0.2) is 33.7 Å². The highest BCUT2D eigenvalue weighted by atomic mass is 32.2. The number of aliphatic hydroxyl groups excluding tert-OH is 1. The maximum atomic E-state index is 13.1. The number of aryl methyl sites for hydroxylation is 1. The zero-order valence-electron chi connectivity index (χ0n) is 13.8. The first-order valence-electron chi connectivity index (χ1n) is 7.85. The Kier molecular flexibility index (Phi) is 4.56. The zero-order chi connectivity index (χ0) is 18.2. The normalized spacial score (nSPS) is 21.7. The van der Waals surface area contributed by atoms with Crippen LogP contribution in [-0.2, 0) is 16.4 Å². The lowest BCUT2D eigenvalue weighted by molar-refractivity contribution is 0.137. The molecule has 0 saturated carbocycles. The summed E-state index contributed by atoms with van der Waals surface area (Å²) in [4.78, 5) is -0.122. The second-order valence-electron chi connectivity index (χ2n) is 6.50. The van der Waals surface area contributed by atoms with E-state index in [1.54, 1.807) is 12.1 Å². The standard InChI is InChI=1S/C16H20FN3O4S/c1-11-14(15(18)19-24-11)25(22,23)20-7-6-16(9-20,10-21)8-12-2-4-13(17)5-3-12/h2-5,21H,6-10H2,1H3,(H2,18,19). The number of halogens is 1. The number of benzene rings is 1. The van der Waals surface area contributed by atoms with Crippen molar-refractivity contribution in [2.24, 2.45) is 5.41 Å². The Morgan fingerprint density at radius 1 is 1.40 bits per heavy atom. The third-order valence-electron chi connectivity index (χ3n) is 4.66. The van der Waals surface area contributed by atoms with Crippen LogP contribution >= 0.6 is 0 Å². The summed E-state index contributed by atoms with van der Waals surface area (Å²) in [5.41, 5.74) is 5.86. The Morgan fingerprint density at radius 3 is 2.64 bits per heavy atom. The fourth-order valence-corrected chi connectivity index (χ4v) is 5.02. The molecule has 1 aliphatic rings. The van der Waals surface area contributed by atoms with Crippen LogP contribution in [0.2, 0.25) is 0 Å². The van der Waals surface area contributed by atoms with Gasteiger partial charge < -0.3 is 15.4 Å². The molecule has 1 unspecified atom stereocenters. The molecule has 3 N–H and O–H groups in total. The van der Waals surface area contributed by atoms with E-state index in [9.17, 15) is 17.9 Å². The van der Waals surface area contributed by atoms with Gasteiger partial charge in [-0.2, -0.15) is 4.31 Å². The third-order valence-corrected chi connectivity index (χ3v) is 6.67. The van der Waals surface area contributed by atoms with E-state index in [0.717, 1.165) is 5.56 Å². The van der Waals surface area contributed by atoms with Gasteiger partial charge in [-0.1, -0.05) is 17.3 Å². The van der Waals surface area contributed by atoms with Crippen molar-refractivity contribution >= 4 is 15.8 Å². The van der Waals surface area contributed by atoms with Crippen LogP contribution in [0, 0.1) is 18.2 Å². The molecule has 136 valence electrons. The second-order valence-corrected chi connectivity index (χ2v) is 8.38. The van der Waals surface area contributed by atoms with Crippen molar-refractivity contribution in [2.75, 3.05) is 25.4 Å². The van der Waals surface area contributed by atoms with Gasteiger partial charge in [0.05, 0.1) is 6.61 Å². The summed E-state index contributed by atoms with van der Waals surface area (Å²) >= 11 is 0. The van der Waals surface area contributed by atoms with Gasteiger partial charge in [-0.05, 0) is 37.5 Å². The summed E-state index contributed by atoms with van der Waals surface area (Å²) in [5.74, 6) is -0.370. The van der Waals surface area contributed by atoms with Crippen LogP contribution in [0.5, 0.6) is 0 Å². The fourth-order valence-electron chi connectivity index (χ4n) is 3.29. The van der Waals surface area contributed by atoms with E-state index in [0.29, 0.717) is 12.8 Å². The quantitative estimate of drug-likeness (QED) is 0.823. The van der Waals surface area contributed by atoms with E-state index in [4.69, 9.17) is 10.3 Å². The zero-order valence-corrected chi connectivity index (χ0v) is 14.6. The molecule has 1 fully saturated rings. The van der Waals surface area contributed by atoms with Crippen LogP contribution in [0.4, 0.5) is 10.2 Å². The van der Waals surface area contributed by atoms with Gasteiger partial charge in [0.25, 0.3) is 0 Å². The Bertz CT molecular complexity index is 847. The predicted molar refractivity (Wildman–Crippen MR) is 88.7 cm³/mol. The van der Waals surface area contributed by atoms with Crippen molar-refractivity contribution in [2.45, 2.75) is 24.7 Å². The Balaban J connectivity index is 1.84. The van der Waals surface area contributed by atoms with Gasteiger partial charge in [-0.25, -0.2) is 12.8 Å². The molecule has 0 aliphatic carbocycles. The van der Waals surface area contributed by atoms with Crippen molar-refractivity contribution in [3.63, 3.8) is 0 Å². The molecule has 0 bridgehead atoms. The van der Waals surface area contributed by atoms with Gasteiger partial charge in [0.1, 0.15) is 5.82 Å². The van der Waals surface area contributed by atoms with Gasteiger partial charge in [0, 0.05) is 18.5 Å². The maximum Gasteiger partial charge on any atom is 0.250 e. The molecule has 1 aromatic carbocycles. The van der Waals surface area contributed by atoms with Crippen LogP contribution < -0.4 is 5.73 Å². The van der Waals surface area contributed by atoms with Crippen LogP contribution in [0.3, 0.4) is 0 Å². The first kappa shape index (κ1) is 17.8. The topological polar surface area (TPSA) is 110 Å². The number of nitrogens with zero attached hydrogens (tertiary/aromatic N) is 2. The first-order valence-corrected chi connectivity index (χ1v) is 9.29. The SMILES string of the molecule is Cc1onc(N)c1S(=O)(=O)N1CCC(CO)(Cc2ccc(F)cc2)C1. The molecule has 25 heavy (non-hydrogen) atoms. The number of rotatable bonds is 5. The number of hydrogen-bond acceptors (Lipinski definition) is 6. The van der Waals surface area contributed by atoms with Crippen molar-refractivity contribution < 1.29 is 22.4 Å². The van der Waals surface area contributed by atoms with Gasteiger partial charge >= 0.3 is 0 Å². The van der Waals surface area contributed by atoms with E-state index in [2.05, 4.69) is 5.16 Å². The van der Waals surface area contributed by atoms with Gasteiger partial charge in [0.2, 0.25) is 10.0 Å². The molecule has 3 rings (SSSR count). The molecule has 2 aromatic rings. The summed E-state index contributed by atoms with van der Waals surface area (Å²) in [5, 5.41) is 13.4. The third kappa shape index (κ3) is 3.26. The number of aromatic nitrogens is 1. The van der Waals surface area contributed by atoms with Crippen molar-refractivity contribution in [3.05, 3.63) is 41.4 Å². The molecular weight excluding hydrogens is 349 g/mol. The summed E-state index contributed by atoms with van der Waals surface area (Å²) in [6.07, 6.45) is 0.943. The number of sulfonamides is 1. The molecule has 1 atom stereocenters. The van der Waals surface area contributed by atoms with E-state index in [-0.39, 0.29) is 42.0 Å². The average molecular weight is 369 g/mol. The van der Waals surface area contributed by atoms with E-state index in [1.807, 2.05) is 0 Å².